The fraction of sp³-hybridized carbons (Fsp3) is 0.300. The molecule has 9 heteroatoms. The number of rotatable bonds is 5. The van der Waals surface area contributed by atoms with Crippen LogP contribution in [0.4, 0.5) is 18.9 Å². The summed E-state index contributed by atoms with van der Waals surface area (Å²) in [6, 6.07) is 7.68. The van der Waals surface area contributed by atoms with Crippen molar-refractivity contribution < 1.29 is 27.5 Å². The van der Waals surface area contributed by atoms with Gasteiger partial charge in [-0.25, -0.2) is 0 Å². The Morgan fingerprint density at radius 3 is 2.72 bits per heavy atom. The Morgan fingerprint density at radius 2 is 2.03 bits per heavy atom. The molecule has 0 bridgehead atoms. The standard InChI is InChI=1S/C20H18ClF3N2O3/c1-2-26-9-8-13-14(19(26)28)4-3-5-17(13)29-11-18(27)25-16-10-12(20(22,23)24)6-7-15(16)21/h3-7,10H,2,8-9,11H2,1H3,(H,25,27). The third-order valence-corrected chi connectivity index (χ3v) is 4.92. The van der Waals surface area contributed by atoms with Crippen LogP contribution in [0.2, 0.25) is 5.02 Å². The summed E-state index contributed by atoms with van der Waals surface area (Å²) >= 11 is 5.88. The molecule has 2 aromatic carbocycles. The van der Waals surface area contributed by atoms with Gasteiger partial charge in [0.25, 0.3) is 11.8 Å². The number of nitrogens with one attached hydrogen (secondary N) is 1. The van der Waals surface area contributed by atoms with Crippen molar-refractivity contribution in [3.05, 3.63) is 58.1 Å². The topological polar surface area (TPSA) is 58.6 Å². The molecule has 0 radical (unpaired) electrons. The monoisotopic (exact) mass is 426 g/mol. The fourth-order valence-electron chi connectivity index (χ4n) is 3.11. The lowest BCUT2D eigenvalue weighted by atomic mass is 9.98. The lowest BCUT2D eigenvalue weighted by molar-refractivity contribution is -0.137. The number of fused-ring (bicyclic) bond motifs is 1. The molecule has 0 atom stereocenters. The van der Waals surface area contributed by atoms with Gasteiger partial charge in [0.05, 0.1) is 16.3 Å². The molecule has 1 N–H and O–H groups in total. The van der Waals surface area contributed by atoms with Crippen LogP contribution in [0.25, 0.3) is 0 Å². The van der Waals surface area contributed by atoms with E-state index in [-0.39, 0.29) is 16.6 Å². The van der Waals surface area contributed by atoms with Gasteiger partial charge in [-0.3, -0.25) is 9.59 Å². The fourth-order valence-corrected chi connectivity index (χ4v) is 3.27. The highest BCUT2D eigenvalue weighted by atomic mass is 35.5. The smallest absolute Gasteiger partial charge is 0.416 e. The van der Waals surface area contributed by atoms with Crippen molar-refractivity contribution >= 4 is 29.1 Å². The Hall–Kier alpha value is -2.74. The van der Waals surface area contributed by atoms with E-state index >= 15 is 0 Å². The number of likely N-dealkylation sites (N-methyl/N-ethyl adjacent to an activating group) is 1. The van der Waals surface area contributed by atoms with E-state index in [0.717, 1.165) is 18.2 Å². The molecule has 1 heterocycles. The average Bonchev–Trinajstić information content (AvgIpc) is 2.67. The minimum Gasteiger partial charge on any atom is -0.483 e. The Bertz CT molecular complexity index is 947. The largest absolute Gasteiger partial charge is 0.483 e. The molecule has 3 rings (SSSR count). The summed E-state index contributed by atoms with van der Waals surface area (Å²) in [4.78, 5) is 26.3. The number of alkyl halides is 3. The SMILES string of the molecule is CCN1CCc2c(OCC(=O)Nc3cc(C(F)(F)F)ccc3Cl)cccc2C1=O. The number of halogens is 4. The van der Waals surface area contributed by atoms with Gasteiger partial charge < -0.3 is 15.0 Å². The van der Waals surface area contributed by atoms with E-state index < -0.39 is 24.3 Å². The summed E-state index contributed by atoms with van der Waals surface area (Å²) in [5, 5.41) is 2.31. The van der Waals surface area contributed by atoms with Gasteiger partial charge in [0.1, 0.15) is 5.75 Å². The van der Waals surface area contributed by atoms with E-state index in [4.69, 9.17) is 16.3 Å². The highest BCUT2D eigenvalue weighted by Gasteiger charge is 2.31. The van der Waals surface area contributed by atoms with Gasteiger partial charge in [-0.1, -0.05) is 17.7 Å². The third kappa shape index (κ3) is 4.64. The van der Waals surface area contributed by atoms with Crippen LogP contribution in [-0.4, -0.2) is 36.4 Å². The summed E-state index contributed by atoms with van der Waals surface area (Å²) in [5.41, 5.74) is 0.164. The molecular formula is C20H18ClF3N2O3. The molecule has 5 nitrogen and oxygen atoms in total. The molecular weight excluding hydrogens is 409 g/mol. The zero-order chi connectivity index (χ0) is 21.2. The molecule has 0 saturated carbocycles. The maximum absolute atomic E-state index is 12.8. The Kier molecular flexibility index (Phi) is 6.02. The molecule has 0 spiro atoms. The summed E-state index contributed by atoms with van der Waals surface area (Å²) in [7, 11) is 0. The number of amides is 2. The Labute approximate surface area is 170 Å². The summed E-state index contributed by atoms with van der Waals surface area (Å²) in [6.45, 7) is 2.61. The van der Waals surface area contributed by atoms with Gasteiger partial charge in [0.15, 0.2) is 6.61 Å². The van der Waals surface area contributed by atoms with Crippen LogP contribution >= 0.6 is 11.6 Å². The Morgan fingerprint density at radius 1 is 1.28 bits per heavy atom. The van der Waals surface area contributed by atoms with Crippen LogP contribution in [0.15, 0.2) is 36.4 Å². The number of hydrogen-bond donors (Lipinski definition) is 1. The molecule has 0 unspecified atom stereocenters. The van der Waals surface area contributed by atoms with Crippen molar-refractivity contribution in [3.8, 4) is 5.75 Å². The molecule has 0 saturated heterocycles. The number of hydrogen-bond acceptors (Lipinski definition) is 3. The first-order valence-electron chi connectivity index (χ1n) is 8.91. The van der Waals surface area contributed by atoms with Crippen LogP contribution < -0.4 is 10.1 Å². The molecule has 0 fully saturated rings. The van der Waals surface area contributed by atoms with Crippen LogP contribution in [0, 0.1) is 0 Å². The number of carbonyl (C=O) groups is 2. The second kappa shape index (κ2) is 8.32. The third-order valence-electron chi connectivity index (χ3n) is 4.59. The molecule has 154 valence electrons. The lowest BCUT2D eigenvalue weighted by Crippen LogP contribution is -2.37. The Balaban J connectivity index is 1.70. The number of carbonyl (C=O) groups excluding carboxylic acids is 2. The van der Waals surface area contributed by atoms with Crippen molar-refractivity contribution in [1.82, 2.24) is 4.90 Å². The maximum atomic E-state index is 12.8. The van der Waals surface area contributed by atoms with E-state index in [1.165, 1.54) is 0 Å². The zero-order valence-electron chi connectivity index (χ0n) is 15.5. The summed E-state index contributed by atoms with van der Waals surface area (Å²) < 4.78 is 44.1. The van der Waals surface area contributed by atoms with Crippen LogP contribution in [0.3, 0.4) is 0 Å². The minimum absolute atomic E-state index is 0.0197. The quantitative estimate of drug-likeness (QED) is 0.771. The van der Waals surface area contributed by atoms with E-state index in [9.17, 15) is 22.8 Å². The molecule has 2 aromatic rings. The first-order valence-corrected chi connectivity index (χ1v) is 9.29. The minimum atomic E-state index is -4.55. The van der Waals surface area contributed by atoms with E-state index in [1.807, 2.05) is 6.92 Å². The van der Waals surface area contributed by atoms with Crippen molar-refractivity contribution in [1.29, 1.82) is 0 Å². The van der Waals surface area contributed by atoms with Crippen LogP contribution in [-0.2, 0) is 17.4 Å². The van der Waals surface area contributed by atoms with Crippen molar-refractivity contribution in [2.75, 3.05) is 25.0 Å². The van der Waals surface area contributed by atoms with Gasteiger partial charge in [0.2, 0.25) is 0 Å². The highest BCUT2D eigenvalue weighted by molar-refractivity contribution is 6.33. The van der Waals surface area contributed by atoms with Gasteiger partial charge in [0, 0.05) is 24.2 Å². The molecule has 1 aliphatic rings. The lowest BCUT2D eigenvalue weighted by Gasteiger charge is -2.28. The van der Waals surface area contributed by atoms with E-state index in [2.05, 4.69) is 5.32 Å². The van der Waals surface area contributed by atoms with Crippen molar-refractivity contribution in [2.45, 2.75) is 19.5 Å². The van der Waals surface area contributed by atoms with Crippen LogP contribution in [0.1, 0.15) is 28.4 Å². The van der Waals surface area contributed by atoms with Crippen molar-refractivity contribution in [2.24, 2.45) is 0 Å². The second-order valence-corrected chi connectivity index (χ2v) is 6.85. The van der Waals surface area contributed by atoms with Gasteiger partial charge in [-0.2, -0.15) is 13.2 Å². The van der Waals surface area contributed by atoms with Gasteiger partial charge in [-0.15, -0.1) is 0 Å². The summed E-state index contributed by atoms with van der Waals surface area (Å²) in [5.74, 6) is -0.363. The maximum Gasteiger partial charge on any atom is 0.416 e. The number of nitrogens with zero attached hydrogens (tertiary/aromatic N) is 1. The van der Waals surface area contributed by atoms with Gasteiger partial charge >= 0.3 is 6.18 Å². The number of anilines is 1. The first kappa shape index (κ1) is 21.0. The predicted octanol–water partition coefficient (Wildman–Crippen LogP) is 4.39. The number of benzene rings is 2. The van der Waals surface area contributed by atoms with Crippen molar-refractivity contribution in [3.63, 3.8) is 0 Å². The second-order valence-electron chi connectivity index (χ2n) is 6.45. The molecule has 2 amide bonds. The normalized spacial score (nSPS) is 13.8. The van der Waals surface area contributed by atoms with Crippen LogP contribution in [0.5, 0.6) is 5.75 Å². The number of ether oxygens (including phenoxy) is 1. The molecule has 29 heavy (non-hydrogen) atoms. The molecule has 0 aliphatic carbocycles. The predicted molar refractivity (Wildman–Crippen MR) is 102 cm³/mol. The highest BCUT2D eigenvalue weighted by Crippen LogP contribution is 2.34. The summed E-state index contributed by atoms with van der Waals surface area (Å²) in [6.07, 6.45) is -3.96. The average molecular weight is 427 g/mol. The first-order chi connectivity index (χ1) is 13.7. The zero-order valence-corrected chi connectivity index (χ0v) is 16.2. The molecule has 1 aliphatic heterocycles. The van der Waals surface area contributed by atoms with Gasteiger partial charge in [-0.05, 0) is 43.7 Å². The van der Waals surface area contributed by atoms with E-state index in [1.54, 1.807) is 23.1 Å². The molecule has 0 aromatic heterocycles. The van der Waals surface area contributed by atoms with E-state index in [0.29, 0.717) is 36.4 Å².